The van der Waals surface area contributed by atoms with Gasteiger partial charge in [0.05, 0.1) is 33.6 Å². The molecule has 2 atom stereocenters. The smallest absolute Gasteiger partial charge is 0.319 e. The van der Waals surface area contributed by atoms with Crippen molar-refractivity contribution in [1.82, 2.24) is 9.97 Å². The Morgan fingerprint density at radius 2 is 1.77 bits per heavy atom. The van der Waals surface area contributed by atoms with E-state index in [1.165, 1.54) is 7.11 Å². The third-order valence-corrected chi connectivity index (χ3v) is 8.44. The van der Waals surface area contributed by atoms with E-state index in [0.717, 1.165) is 21.9 Å². The van der Waals surface area contributed by atoms with Crippen molar-refractivity contribution >= 4 is 19.4 Å². The Balaban J connectivity index is 2.10. The molecule has 7 heteroatoms. The van der Waals surface area contributed by atoms with E-state index in [2.05, 4.69) is 29.6 Å². The van der Waals surface area contributed by atoms with Gasteiger partial charge in [0.15, 0.2) is 5.78 Å². The maximum atomic E-state index is 13.1. The molecule has 1 heterocycles. The molecule has 6 nitrogen and oxygen atoms in total. The number of fused-ring (bicyclic) bond motifs is 3. The second kappa shape index (κ2) is 7.57. The third-order valence-electron chi connectivity index (χ3n) is 6.39. The first-order valence-electron chi connectivity index (χ1n) is 10.7. The number of aliphatic hydroxyl groups is 1. The van der Waals surface area contributed by atoms with Gasteiger partial charge in [-0.2, -0.15) is 9.97 Å². The van der Waals surface area contributed by atoms with Crippen molar-refractivity contribution < 1.29 is 19.4 Å². The van der Waals surface area contributed by atoms with Gasteiger partial charge in [-0.1, -0.05) is 49.5 Å². The summed E-state index contributed by atoms with van der Waals surface area (Å²) in [6.07, 6.45) is 1.67. The first-order valence-corrected chi connectivity index (χ1v) is 14.2. The number of ether oxygens (including phenoxy) is 2. The van der Waals surface area contributed by atoms with E-state index < -0.39 is 13.7 Å². The highest BCUT2D eigenvalue weighted by Crippen LogP contribution is 2.54. The molecule has 2 aliphatic rings. The van der Waals surface area contributed by atoms with Crippen molar-refractivity contribution in [1.29, 1.82) is 0 Å². The molecule has 0 amide bonds. The van der Waals surface area contributed by atoms with Gasteiger partial charge in [0.25, 0.3) is 0 Å². The highest BCUT2D eigenvalue weighted by atomic mass is 28.3. The van der Waals surface area contributed by atoms with Crippen molar-refractivity contribution in [3.63, 3.8) is 0 Å². The lowest BCUT2D eigenvalue weighted by Gasteiger charge is -2.43. The van der Waals surface area contributed by atoms with Gasteiger partial charge in [0.2, 0.25) is 5.88 Å². The largest absolute Gasteiger partial charge is 0.480 e. The van der Waals surface area contributed by atoms with Gasteiger partial charge in [-0.05, 0) is 42.0 Å². The molecule has 31 heavy (non-hydrogen) atoms. The van der Waals surface area contributed by atoms with Crippen LogP contribution in [0.1, 0.15) is 41.6 Å². The summed E-state index contributed by atoms with van der Waals surface area (Å²) in [5, 5.41) is 13.0. The van der Waals surface area contributed by atoms with Crippen molar-refractivity contribution in [2.75, 3.05) is 14.2 Å². The monoisotopic (exact) mass is 438 g/mol. The van der Waals surface area contributed by atoms with Gasteiger partial charge >= 0.3 is 6.01 Å². The quantitative estimate of drug-likeness (QED) is 0.725. The van der Waals surface area contributed by atoms with Crippen LogP contribution in [0.25, 0.3) is 5.57 Å². The van der Waals surface area contributed by atoms with Gasteiger partial charge in [-0.25, -0.2) is 0 Å². The number of allylic oxidation sites excluding steroid dienone is 2. The predicted molar refractivity (Wildman–Crippen MR) is 122 cm³/mol. The summed E-state index contributed by atoms with van der Waals surface area (Å²) in [5.74, 6) is 0.580. The van der Waals surface area contributed by atoms with E-state index in [1.54, 1.807) is 7.11 Å². The third kappa shape index (κ3) is 3.49. The lowest BCUT2D eigenvalue weighted by atomic mass is 9.67. The number of nitrogens with zero attached hydrogens (tertiary/aromatic N) is 2. The molecular formula is C24H30N2O4Si. The van der Waals surface area contributed by atoms with Crippen molar-refractivity contribution in [3.05, 3.63) is 51.8 Å². The molecule has 1 N–H and O–H groups in total. The van der Waals surface area contributed by atoms with Gasteiger partial charge in [0.1, 0.15) is 5.60 Å². The van der Waals surface area contributed by atoms with E-state index in [4.69, 9.17) is 9.47 Å². The van der Waals surface area contributed by atoms with Crippen LogP contribution < -0.4 is 9.47 Å². The van der Waals surface area contributed by atoms with E-state index in [-0.39, 0.29) is 17.7 Å². The molecule has 0 saturated heterocycles. The van der Waals surface area contributed by atoms with Crippen LogP contribution in [0.3, 0.4) is 0 Å². The fourth-order valence-electron chi connectivity index (χ4n) is 5.02. The number of methoxy groups -OCH3 is 2. The molecule has 0 spiro atoms. The second-order valence-corrected chi connectivity index (χ2v) is 14.6. The summed E-state index contributed by atoms with van der Waals surface area (Å²) in [7, 11) is 1.07. The van der Waals surface area contributed by atoms with E-state index in [0.29, 0.717) is 36.4 Å². The van der Waals surface area contributed by atoms with Crippen molar-refractivity contribution in [3.8, 4) is 11.9 Å². The maximum absolute atomic E-state index is 13.1. The molecule has 1 aromatic carbocycles. The minimum Gasteiger partial charge on any atom is -0.480 e. The SMILES string of the molecule is COc1nc(OC)c2c(n1)[C@](O)(c1ccc(C)cc1)C[C@H]1CCC(=O)C([Si](C)(C)C)=C21. The number of ketones is 1. The van der Waals surface area contributed by atoms with Crippen LogP contribution in [0.15, 0.2) is 29.5 Å². The number of rotatable bonds is 4. The Morgan fingerprint density at radius 1 is 1.10 bits per heavy atom. The van der Waals surface area contributed by atoms with Crippen LogP contribution in [0.2, 0.25) is 19.6 Å². The van der Waals surface area contributed by atoms with Crippen LogP contribution in [-0.4, -0.2) is 43.2 Å². The van der Waals surface area contributed by atoms with Crippen LogP contribution in [-0.2, 0) is 10.4 Å². The number of carbonyl (C=O) groups excluding carboxylic acids is 1. The molecule has 2 aliphatic carbocycles. The number of benzene rings is 1. The number of aryl methyl sites for hydroxylation is 1. The highest BCUT2D eigenvalue weighted by molar-refractivity contribution is 6.88. The Kier molecular flexibility index (Phi) is 5.30. The summed E-state index contributed by atoms with van der Waals surface area (Å²) in [5.41, 5.74) is 2.65. The number of aromatic nitrogens is 2. The van der Waals surface area contributed by atoms with Crippen LogP contribution in [0.4, 0.5) is 0 Å². The number of Topliss-reactive ketones (excluding diaryl/α,β-unsaturated/α-hetero) is 1. The Morgan fingerprint density at radius 3 is 2.35 bits per heavy atom. The molecule has 0 bridgehead atoms. The molecule has 0 unspecified atom stereocenters. The van der Waals surface area contributed by atoms with E-state index in [9.17, 15) is 9.90 Å². The van der Waals surface area contributed by atoms with E-state index in [1.807, 2.05) is 31.2 Å². The fraction of sp³-hybridized carbons (Fsp3) is 0.458. The second-order valence-electron chi connectivity index (χ2n) is 9.57. The van der Waals surface area contributed by atoms with Crippen molar-refractivity contribution in [2.24, 2.45) is 5.92 Å². The van der Waals surface area contributed by atoms with Gasteiger partial charge in [0, 0.05) is 6.42 Å². The molecule has 1 aromatic heterocycles. The molecule has 0 saturated carbocycles. The number of hydrogen-bond acceptors (Lipinski definition) is 6. The van der Waals surface area contributed by atoms with Crippen LogP contribution >= 0.6 is 0 Å². The topological polar surface area (TPSA) is 81.5 Å². The van der Waals surface area contributed by atoms with Crippen molar-refractivity contribution in [2.45, 2.75) is 51.4 Å². The molecular weight excluding hydrogens is 408 g/mol. The lowest BCUT2D eigenvalue weighted by Crippen LogP contribution is -2.42. The van der Waals surface area contributed by atoms with Crippen LogP contribution in [0, 0.1) is 12.8 Å². The summed E-state index contributed by atoms with van der Waals surface area (Å²) in [6.45, 7) is 8.58. The Hall–Kier alpha value is -2.51. The normalized spacial score (nSPS) is 23.3. The first-order chi connectivity index (χ1) is 14.6. The first kappa shape index (κ1) is 21.7. The number of hydrogen-bond donors (Lipinski definition) is 1. The minimum atomic E-state index is -1.98. The predicted octanol–water partition coefficient (Wildman–Crippen LogP) is 4.05. The zero-order valence-electron chi connectivity index (χ0n) is 19.1. The average Bonchev–Trinajstić information content (AvgIpc) is 2.73. The summed E-state index contributed by atoms with van der Waals surface area (Å²) < 4.78 is 11.0. The molecule has 0 radical (unpaired) electrons. The van der Waals surface area contributed by atoms with Gasteiger partial charge < -0.3 is 14.6 Å². The minimum absolute atomic E-state index is 0.0316. The number of carbonyl (C=O) groups is 1. The van der Waals surface area contributed by atoms with Gasteiger partial charge in [-0.3, -0.25) is 4.79 Å². The average molecular weight is 439 g/mol. The highest BCUT2D eigenvalue weighted by Gasteiger charge is 2.50. The standard InChI is InChI=1S/C24H30N2O4Si/c1-14-7-10-16(11-8-14)24(28)13-15-9-12-17(27)20(31(4,5)6)18(15)19-21(24)25-23(30-3)26-22(19)29-2/h7-8,10-11,15,28H,9,12-13H2,1-6H3/t15-,24-/m1/s1. The fourth-order valence-corrected chi connectivity index (χ4v) is 7.12. The Bertz CT molecular complexity index is 1070. The Labute approximate surface area is 184 Å². The maximum Gasteiger partial charge on any atom is 0.319 e. The van der Waals surface area contributed by atoms with E-state index >= 15 is 0 Å². The van der Waals surface area contributed by atoms with Gasteiger partial charge in [-0.15, -0.1) is 0 Å². The molecule has 0 fully saturated rings. The molecule has 164 valence electrons. The molecule has 4 rings (SSSR count). The lowest BCUT2D eigenvalue weighted by molar-refractivity contribution is -0.115. The molecule has 2 aromatic rings. The van der Waals surface area contributed by atoms with Crippen LogP contribution in [0.5, 0.6) is 11.9 Å². The summed E-state index contributed by atoms with van der Waals surface area (Å²) in [6, 6.07) is 8.01. The summed E-state index contributed by atoms with van der Waals surface area (Å²) >= 11 is 0. The zero-order chi connectivity index (χ0) is 22.6. The zero-order valence-corrected chi connectivity index (χ0v) is 20.1. The summed E-state index contributed by atoms with van der Waals surface area (Å²) in [4.78, 5) is 22.2. The molecule has 0 aliphatic heterocycles.